The smallest absolute Gasteiger partial charge is 0.248 e. The van der Waals surface area contributed by atoms with Crippen LogP contribution in [0.25, 0.3) is 22.5 Å². The number of phenols is 1. The summed E-state index contributed by atoms with van der Waals surface area (Å²) < 4.78 is 28.0. The van der Waals surface area contributed by atoms with Gasteiger partial charge in [-0.05, 0) is 61.6 Å². The number of aromatic amines is 1. The van der Waals surface area contributed by atoms with E-state index < -0.39 is 5.92 Å². The average molecular weight is 453 g/mol. The largest absolute Gasteiger partial charge is 0.507 e. The molecule has 3 fully saturated rings. The van der Waals surface area contributed by atoms with Crippen molar-refractivity contribution < 1.29 is 13.9 Å². The summed E-state index contributed by atoms with van der Waals surface area (Å²) in [6.07, 6.45) is 9.83. The second-order valence-corrected chi connectivity index (χ2v) is 9.85. The second-order valence-electron chi connectivity index (χ2n) is 9.85. The molecule has 33 heavy (non-hydrogen) atoms. The minimum absolute atomic E-state index is 0.00939. The van der Waals surface area contributed by atoms with E-state index in [0.717, 1.165) is 43.2 Å². The van der Waals surface area contributed by atoms with Gasteiger partial charge in [0.2, 0.25) is 5.92 Å². The van der Waals surface area contributed by atoms with Crippen LogP contribution in [-0.4, -0.2) is 48.5 Å². The third-order valence-corrected chi connectivity index (χ3v) is 7.27. The first-order valence-electron chi connectivity index (χ1n) is 11.6. The summed E-state index contributed by atoms with van der Waals surface area (Å²) >= 11 is 0. The van der Waals surface area contributed by atoms with Gasteiger partial charge in [-0.1, -0.05) is 6.07 Å². The van der Waals surface area contributed by atoms with Crippen molar-refractivity contribution in [2.75, 3.05) is 4.90 Å². The Morgan fingerprint density at radius 3 is 2.36 bits per heavy atom. The topological polar surface area (TPSA) is 90.8 Å². The molecule has 9 heteroatoms. The summed E-state index contributed by atoms with van der Waals surface area (Å²) in [5.74, 6) is -1.24. The lowest BCUT2D eigenvalue weighted by atomic mass is 9.68. The Morgan fingerprint density at radius 1 is 0.970 bits per heavy atom. The van der Waals surface area contributed by atoms with E-state index in [-0.39, 0.29) is 36.5 Å². The molecule has 2 aromatic heterocycles. The number of nitrogens with zero attached hydrogens (tertiary/aromatic N) is 5. The number of nitrogens with one attached hydrogen (secondary N) is 1. The number of alkyl halides is 2. The zero-order valence-corrected chi connectivity index (χ0v) is 18.2. The van der Waals surface area contributed by atoms with Gasteiger partial charge in [-0.2, -0.15) is 5.10 Å². The van der Waals surface area contributed by atoms with E-state index in [9.17, 15) is 13.9 Å². The molecule has 0 radical (unpaired) electrons. The number of aromatic hydroxyl groups is 1. The number of fused-ring (bicyclic) bond motifs is 2. The van der Waals surface area contributed by atoms with Crippen LogP contribution in [0.15, 0.2) is 36.8 Å². The number of H-pyrrole nitrogens is 1. The number of aromatic nitrogens is 5. The molecule has 1 aromatic carbocycles. The SMILES string of the molecule is Oc1cc(-c2cn[nH]c2)ccc1-c1ncc(N(C2CC2)[C@H]2C[C@H]3C[C@@H](C2)CC(F)(F)C3)nn1. The first kappa shape index (κ1) is 20.5. The van der Waals surface area contributed by atoms with Crippen LogP contribution in [0.5, 0.6) is 5.75 Å². The van der Waals surface area contributed by atoms with Crippen molar-refractivity contribution in [2.24, 2.45) is 11.8 Å². The lowest BCUT2D eigenvalue weighted by Crippen LogP contribution is -2.47. The molecule has 3 aliphatic rings. The zero-order valence-electron chi connectivity index (χ0n) is 18.2. The molecule has 172 valence electrons. The summed E-state index contributed by atoms with van der Waals surface area (Å²) in [5, 5.41) is 26.0. The molecule has 0 amide bonds. The van der Waals surface area contributed by atoms with Gasteiger partial charge in [0.1, 0.15) is 5.75 Å². The summed E-state index contributed by atoms with van der Waals surface area (Å²) in [6.45, 7) is 0. The number of rotatable bonds is 5. The van der Waals surface area contributed by atoms with Crippen LogP contribution in [0.1, 0.15) is 44.9 Å². The lowest BCUT2D eigenvalue weighted by Gasteiger charge is -2.46. The van der Waals surface area contributed by atoms with Crippen LogP contribution in [0.4, 0.5) is 14.6 Å². The molecular weight excluding hydrogens is 426 g/mol. The summed E-state index contributed by atoms with van der Waals surface area (Å²) in [5.41, 5.74) is 2.22. The molecule has 0 spiro atoms. The second kappa shape index (κ2) is 7.74. The van der Waals surface area contributed by atoms with Crippen LogP contribution >= 0.6 is 0 Å². The van der Waals surface area contributed by atoms with Gasteiger partial charge in [0.15, 0.2) is 11.6 Å². The van der Waals surface area contributed by atoms with E-state index in [1.54, 1.807) is 30.7 Å². The van der Waals surface area contributed by atoms with E-state index in [2.05, 4.69) is 30.3 Å². The van der Waals surface area contributed by atoms with Crippen molar-refractivity contribution in [1.82, 2.24) is 25.4 Å². The van der Waals surface area contributed by atoms with Gasteiger partial charge in [0.05, 0.1) is 18.0 Å². The third kappa shape index (κ3) is 4.05. The Balaban J connectivity index is 1.23. The number of halogens is 2. The molecular formula is C24H26F2N6O. The average Bonchev–Trinajstić information content (AvgIpc) is 3.44. The van der Waals surface area contributed by atoms with Crippen molar-refractivity contribution in [2.45, 2.75) is 63.0 Å². The number of benzene rings is 1. The van der Waals surface area contributed by atoms with Crippen molar-refractivity contribution in [3.05, 3.63) is 36.8 Å². The van der Waals surface area contributed by atoms with Crippen LogP contribution < -0.4 is 4.90 Å². The third-order valence-electron chi connectivity index (χ3n) is 7.27. The standard InChI is InChI=1S/C24H26F2N6O/c25-24(26)9-14-5-15(10-24)7-19(6-14)32(18-2-3-18)22-13-27-23(31-30-22)20-4-1-16(8-21(20)33)17-11-28-29-12-17/h1,4,8,11-15,18-19,33H,2-3,5-7,9-10H2,(H,28,29)/t14-,15+,19+. The lowest BCUT2D eigenvalue weighted by molar-refractivity contribution is -0.0868. The van der Waals surface area contributed by atoms with E-state index in [4.69, 9.17) is 0 Å². The first-order chi connectivity index (χ1) is 15.9. The summed E-state index contributed by atoms with van der Waals surface area (Å²) in [4.78, 5) is 6.80. The van der Waals surface area contributed by atoms with Gasteiger partial charge < -0.3 is 10.0 Å². The van der Waals surface area contributed by atoms with Gasteiger partial charge in [-0.3, -0.25) is 5.10 Å². The zero-order chi connectivity index (χ0) is 22.6. The highest BCUT2D eigenvalue weighted by atomic mass is 19.3. The van der Waals surface area contributed by atoms with E-state index in [0.29, 0.717) is 23.2 Å². The number of phenolic OH excluding ortho intramolecular Hbond substituents is 1. The maximum Gasteiger partial charge on any atom is 0.248 e. The molecule has 2 heterocycles. The minimum atomic E-state index is -2.51. The van der Waals surface area contributed by atoms with Crippen molar-refractivity contribution in [3.8, 4) is 28.3 Å². The van der Waals surface area contributed by atoms with Crippen LogP contribution in [0.3, 0.4) is 0 Å². The van der Waals surface area contributed by atoms with Crippen molar-refractivity contribution in [1.29, 1.82) is 0 Å². The molecule has 3 atom stereocenters. The normalized spacial score (nSPS) is 26.2. The van der Waals surface area contributed by atoms with Crippen LogP contribution in [0, 0.1) is 11.8 Å². The molecule has 2 bridgehead atoms. The van der Waals surface area contributed by atoms with Crippen molar-refractivity contribution >= 4 is 5.82 Å². The summed E-state index contributed by atoms with van der Waals surface area (Å²) in [6, 6.07) is 5.91. The Hall–Kier alpha value is -3.10. The molecule has 2 N–H and O–H groups in total. The predicted octanol–water partition coefficient (Wildman–Crippen LogP) is 4.82. The Morgan fingerprint density at radius 2 is 1.76 bits per heavy atom. The van der Waals surface area contributed by atoms with E-state index in [1.165, 1.54) is 0 Å². The fourth-order valence-corrected chi connectivity index (χ4v) is 5.86. The molecule has 0 aliphatic heterocycles. The molecule has 3 saturated carbocycles. The van der Waals surface area contributed by atoms with Crippen LogP contribution in [-0.2, 0) is 0 Å². The van der Waals surface area contributed by atoms with Gasteiger partial charge in [-0.15, -0.1) is 10.2 Å². The minimum Gasteiger partial charge on any atom is -0.507 e. The first-order valence-corrected chi connectivity index (χ1v) is 11.6. The maximum atomic E-state index is 14.0. The quantitative estimate of drug-likeness (QED) is 0.577. The Kier molecular flexibility index (Phi) is 4.81. The number of hydrogen-bond donors (Lipinski definition) is 2. The Labute approximate surface area is 190 Å². The molecule has 6 rings (SSSR count). The molecule has 3 aliphatic carbocycles. The fourth-order valence-electron chi connectivity index (χ4n) is 5.86. The van der Waals surface area contributed by atoms with Gasteiger partial charge >= 0.3 is 0 Å². The molecule has 3 aromatic rings. The van der Waals surface area contributed by atoms with E-state index >= 15 is 0 Å². The Bertz CT molecular complexity index is 1120. The fraction of sp³-hybridized carbons (Fsp3) is 0.500. The monoisotopic (exact) mass is 452 g/mol. The highest BCUT2D eigenvalue weighted by Crippen LogP contribution is 2.49. The molecule has 7 nitrogen and oxygen atoms in total. The predicted molar refractivity (Wildman–Crippen MR) is 119 cm³/mol. The summed E-state index contributed by atoms with van der Waals surface area (Å²) in [7, 11) is 0. The van der Waals surface area contributed by atoms with E-state index in [1.807, 2.05) is 6.07 Å². The van der Waals surface area contributed by atoms with Gasteiger partial charge in [0.25, 0.3) is 0 Å². The van der Waals surface area contributed by atoms with Gasteiger partial charge in [-0.25, -0.2) is 13.8 Å². The maximum absolute atomic E-state index is 14.0. The highest BCUT2D eigenvalue weighted by molar-refractivity contribution is 5.72. The number of hydrogen-bond acceptors (Lipinski definition) is 6. The van der Waals surface area contributed by atoms with Crippen molar-refractivity contribution in [3.63, 3.8) is 0 Å². The molecule has 0 unspecified atom stereocenters. The van der Waals surface area contributed by atoms with Crippen LogP contribution in [0.2, 0.25) is 0 Å². The molecule has 0 saturated heterocycles. The van der Waals surface area contributed by atoms with Gasteiger partial charge in [0, 0.05) is 36.7 Å². The number of anilines is 1. The highest BCUT2D eigenvalue weighted by Gasteiger charge is 2.48.